The normalized spacial score (nSPS) is 17.2. The number of cyclic esters (lactones) is 1. The smallest absolute Gasteiger partial charge is 0.415 e. The number of imidazole rings is 1. The maximum atomic E-state index is 14.7. The molecule has 1 unspecified atom stereocenters. The highest BCUT2D eigenvalue weighted by Gasteiger charge is 2.37. The summed E-state index contributed by atoms with van der Waals surface area (Å²) in [4.78, 5) is 20.7. The average molecular weight is 391 g/mol. The first-order chi connectivity index (χ1) is 13.3. The first-order valence-electron chi connectivity index (χ1n) is 8.51. The molecule has 9 heteroatoms. The third kappa shape index (κ3) is 3.47. The number of benzene rings is 2. The van der Waals surface area contributed by atoms with Gasteiger partial charge >= 0.3 is 6.09 Å². The molecule has 146 valence electrons. The monoisotopic (exact) mass is 391 g/mol. The van der Waals surface area contributed by atoms with Crippen molar-refractivity contribution in [2.45, 2.75) is 18.9 Å². The molecular weight excluding hydrogens is 375 g/mol. The lowest BCUT2D eigenvalue weighted by molar-refractivity contribution is -0.0230. The minimum Gasteiger partial charge on any atom is -0.487 e. The number of fused-ring (bicyclic) bond motifs is 1. The van der Waals surface area contributed by atoms with Gasteiger partial charge in [-0.2, -0.15) is 0 Å². The Kier molecular flexibility index (Phi) is 4.37. The Hall–Kier alpha value is -3.23. The summed E-state index contributed by atoms with van der Waals surface area (Å²) in [5, 5.41) is 0. The summed E-state index contributed by atoms with van der Waals surface area (Å²) in [7, 11) is 0. The van der Waals surface area contributed by atoms with E-state index in [-0.39, 0.29) is 17.9 Å². The highest BCUT2D eigenvalue weighted by atomic mass is 19.3. The van der Waals surface area contributed by atoms with Gasteiger partial charge < -0.3 is 14.5 Å². The Labute approximate surface area is 157 Å². The lowest BCUT2D eigenvalue weighted by Gasteiger charge is -2.22. The maximum absolute atomic E-state index is 14.7. The van der Waals surface area contributed by atoms with Crippen molar-refractivity contribution in [1.82, 2.24) is 9.97 Å². The van der Waals surface area contributed by atoms with E-state index in [1.165, 1.54) is 23.4 Å². The van der Waals surface area contributed by atoms with Crippen LogP contribution in [0.1, 0.15) is 18.5 Å². The van der Waals surface area contributed by atoms with Crippen LogP contribution in [-0.4, -0.2) is 35.2 Å². The first kappa shape index (κ1) is 18.1. The fourth-order valence-corrected chi connectivity index (χ4v) is 3.09. The largest absolute Gasteiger partial charge is 0.487 e. The molecule has 2 heterocycles. The molecule has 0 aliphatic carbocycles. The number of H-pyrrole nitrogens is 1. The standard InChI is InChI=1S/C19H16F3N3O3/c1-19(21,22)9-28-12-3-4-13(14(20)7-12)17-8-27-18(26)25(17)11-2-5-15-16(6-11)24-10-23-15/h2-7,10,17H,8-9H2,1H3,(H,23,24). The van der Waals surface area contributed by atoms with Gasteiger partial charge in [-0.15, -0.1) is 0 Å². The van der Waals surface area contributed by atoms with Gasteiger partial charge in [-0.3, -0.25) is 4.90 Å². The Morgan fingerprint density at radius 1 is 1.32 bits per heavy atom. The Balaban J connectivity index is 1.62. The molecule has 1 amide bonds. The summed E-state index contributed by atoms with van der Waals surface area (Å²) in [5.74, 6) is -3.71. The number of aromatic amines is 1. The molecule has 1 saturated heterocycles. The van der Waals surface area contributed by atoms with Gasteiger partial charge in [0.15, 0.2) is 6.61 Å². The number of carbonyl (C=O) groups is 1. The quantitative estimate of drug-likeness (QED) is 0.699. The van der Waals surface area contributed by atoms with Gasteiger partial charge in [0.1, 0.15) is 24.2 Å². The first-order valence-corrected chi connectivity index (χ1v) is 8.51. The van der Waals surface area contributed by atoms with E-state index in [0.29, 0.717) is 12.6 Å². The van der Waals surface area contributed by atoms with E-state index in [2.05, 4.69) is 9.97 Å². The van der Waals surface area contributed by atoms with Crippen molar-refractivity contribution in [2.24, 2.45) is 0 Å². The van der Waals surface area contributed by atoms with Crippen molar-refractivity contribution in [3.05, 3.63) is 54.1 Å². The molecule has 0 saturated carbocycles. The van der Waals surface area contributed by atoms with Crippen LogP contribution < -0.4 is 9.64 Å². The number of halogens is 3. The van der Waals surface area contributed by atoms with E-state index < -0.39 is 30.5 Å². The molecule has 2 aromatic carbocycles. The van der Waals surface area contributed by atoms with Crippen LogP contribution in [0.5, 0.6) is 5.75 Å². The number of amides is 1. The van der Waals surface area contributed by atoms with Crippen LogP contribution in [0.2, 0.25) is 0 Å². The highest BCUT2D eigenvalue weighted by Crippen LogP contribution is 2.36. The van der Waals surface area contributed by atoms with Crippen LogP contribution >= 0.6 is 0 Å². The number of ether oxygens (including phenoxy) is 2. The van der Waals surface area contributed by atoms with Crippen LogP contribution in [0.4, 0.5) is 23.7 Å². The molecule has 1 fully saturated rings. The van der Waals surface area contributed by atoms with Crippen molar-refractivity contribution in [1.29, 1.82) is 0 Å². The molecular formula is C19H16F3N3O3. The van der Waals surface area contributed by atoms with Crippen molar-refractivity contribution in [2.75, 3.05) is 18.1 Å². The van der Waals surface area contributed by atoms with Crippen LogP contribution in [0.25, 0.3) is 11.0 Å². The van der Waals surface area contributed by atoms with Gasteiger partial charge in [0.05, 0.1) is 23.0 Å². The summed E-state index contributed by atoms with van der Waals surface area (Å²) in [6, 6.07) is 8.29. The molecule has 0 radical (unpaired) electrons. The molecule has 1 aliphatic rings. The lowest BCUT2D eigenvalue weighted by atomic mass is 10.0. The molecule has 1 aliphatic heterocycles. The minimum absolute atomic E-state index is 0.0153. The Morgan fingerprint density at radius 3 is 2.89 bits per heavy atom. The van der Waals surface area contributed by atoms with Crippen molar-refractivity contribution in [3.8, 4) is 5.75 Å². The molecule has 4 rings (SSSR count). The predicted molar refractivity (Wildman–Crippen MR) is 95.2 cm³/mol. The SMILES string of the molecule is CC(F)(F)COc1ccc(C2COC(=O)N2c2ccc3nc[nH]c3c2)c(F)c1. The third-order valence-electron chi connectivity index (χ3n) is 4.38. The van der Waals surface area contributed by atoms with Gasteiger partial charge in [-0.25, -0.2) is 22.9 Å². The zero-order valence-electron chi connectivity index (χ0n) is 14.8. The minimum atomic E-state index is -3.02. The van der Waals surface area contributed by atoms with E-state index in [1.807, 2.05) is 0 Å². The van der Waals surface area contributed by atoms with E-state index in [1.54, 1.807) is 18.2 Å². The molecule has 1 N–H and O–H groups in total. The topological polar surface area (TPSA) is 67.5 Å². The van der Waals surface area contributed by atoms with Crippen LogP contribution in [-0.2, 0) is 4.74 Å². The zero-order chi connectivity index (χ0) is 19.9. The Morgan fingerprint density at radius 2 is 2.14 bits per heavy atom. The number of anilines is 1. The second kappa shape index (κ2) is 6.74. The van der Waals surface area contributed by atoms with Crippen molar-refractivity contribution in [3.63, 3.8) is 0 Å². The molecule has 28 heavy (non-hydrogen) atoms. The summed E-state index contributed by atoms with van der Waals surface area (Å²) >= 11 is 0. The number of nitrogens with one attached hydrogen (secondary N) is 1. The second-order valence-electron chi connectivity index (χ2n) is 6.61. The second-order valence-corrected chi connectivity index (χ2v) is 6.61. The van der Waals surface area contributed by atoms with E-state index >= 15 is 0 Å². The fourth-order valence-electron chi connectivity index (χ4n) is 3.09. The number of hydrogen-bond acceptors (Lipinski definition) is 4. The van der Waals surface area contributed by atoms with Gasteiger partial charge in [0.25, 0.3) is 5.92 Å². The van der Waals surface area contributed by atoms with Crippen molar-refractivity contribution >= 4 is 22.8 Å². The summed E-state index contributed by atoms with van der Waals surface area (Å²) in [5.41, 5.74) is 2.18. The zero-order valence-corrected chi connectivity index (χ0v) is 14.8. The summed E-state index contributed by atoms with van der Waals surface area (Å²) in [6.07, 6.45) is 0.932. The van der Waals surface area contributed by atoms with E-state index in [9.17, 15) is 18.0 Å². The van der Waals surface area contributed by atoms with Gasteiger partial charge in [0, 0.05) is 18.6 Å². The van der Waals surface area contributed by atoms with E-state index in [0.717, 1.165) is 17.1 Å². The molecule has 1 aromatic heterocycles. The molecule has 3 aromatic rings. The number of aromatic nitrogens is 2. The molecule has 0 bridgehead atoms. The predicted octanol–water partition coefficient (Wildman–Crippen LogP) is 4.43. The van der Waals surface area contributed by atoms with Gasteiger partial charge in [0.2, 0.25) is 0 Å². The summed E-state index contributed by atoms with van der Waals surface area (Å²) in [6.45, 7) is -0.176. The highest BCUT2D eigenvalue weighted by molar-refractivity contribution is 5.93. The third-order valence-corrected chi connectivity index (χ3v) is 4.38. The van der Waals surface area contributed by atoms with Crippen molar-refractivity contribution < 1.29 is 27.4 Å². The number of rotatable bonds is 5. The van der Waals surface area contributed by atoms with Crippen LogP contribution in [0.15, 0.2) is 42.7 Å². The lowest BCUT2D eigenvalue weighted by Crippen LogP contribution is -2.27. The van der Waals surface area contributed by atoms with E-state index in [4.69, 9.17) is 9.47 Å². The van der Waals surface area contributed by atoms with Gasteiger partial charge in [-0.05, 0) is 24.3 Å². The maximum Gasteiger partial charge on any atom is 0.415 e. The van der Waals surface area contributed by atoms with Gasteiger partial charge in [-0.1, -0.05) is 6.07 Å². The van der Waals surface area contributed by atoms with Crippen LogP contribution in [0, 0.1) is 5.82 Å². The number of alkyl halides is 2. The molecule has 1 atom stereocenters. The van der Waals surface area contributed by atoms with Crippen LogP contribution in [0.3, 0.4) is 0 Å². The molecule has 0 spiro atoms. The summed E-state index contributed by atoms with van der Waals surface area (Å²) < 4.78 is 50.5. The average Bonchev–Trinajstić information content (AvgIpc) is 3.25. The number of carbonyl (C=O) groups excluding carboxylic acids is 1. The Bertz CT molecular complexity index is 1030. The number of hydrogen-bond donors (Lipinski definition) is 1. The number of nitrogens with zero attached hydrogens (tertiary/aromatic N) is 2. The fraction of sp³-hybridized carbons (Fsp3) is 0.263. The molecule has 6 nitrogen and oxygen atoms in total.